The van der Waals surface area contributed by atoms with E-state index in [1.807, 2.05) is 23.1 Å². The van der Waals surface area contributed by atoms with E-state index in [2.05, 4.69) is 18.7 Å². The number of thioether (sulfide) groups is 1. The summed E-state index contributed by atoms with van der Waals surface area (Å²) in [5.41, 5.74) is 7.56. The van der Waals surface area contributed by atoms with Crippen LogP contribution >= 0.6 is 11.8 Å². The summed E-state index contributed by atoms with van der Waals surface area (Å²) in [4.78, 5) is 17.4. The van der Waals surface area contributed by atoms with Gasteiger partial charge in [0.2, 0.25) is 5.91 Å². The van der Waals surface area contributed by atoms with E-state index >= 15 is 0 Å². The smallest absolute Gasteiger partial charge is 0.237 e. The third-order valence-corrected chi connectivity index (χ3v) is 4.49. The summed E-state index contributed by atoms with van der Waals surface area (Å²) in [6.45, 7) is 7.98. The third kappa shape index (κ3) is 3.22. The van der Waals surface area contributed by atoms with Gasteiger partial charge in [0, 0.05) is 23.7 Å². The molecular weight excluding hydrogens is 258 g/mol. The van der Waals surface area contributed by atoms with Crippen LogP contribution in [0.5, 0.6) is 0 Å². The lowest BCUT2D eigenvalue weighted by Crippen LogP contribution is -2.41. The molecule has 1 heterocycles. The van der Waals surface area contributed by atoms with E-state index in [0.29, 0.717) is 5.75 Å². The minimum Gasteiger partial charge on any atom is -0.399 e. The molecule has 0 fully saturated rings. The number of hydrogen-bond acceptors (Lipinski definition) is 4. The average Bonchev–Trinajstić information content (AvgIpc) is 2.42. The summed E-state index contributed by atoms with van der Waals surface area (Å²) in [5.74, 6) is 0.698. The van der Waals surface area contributed by atoms with Gasteiger partial charge in [0.25, 0.3) is 0 Å². The van der Waals surface area contributed by atoms with Gasteiger partial charge < -0.3 is 15.5 Å². The standard InChI is InChI=1S/C14H21N3OS/c1-3-16(4-2)7-8-17-12-6-5-11(15)9-13(12)19-10-14(17)18/h5-6,9H,3-4,7-8,10,15H2,1-2H3. The predicted octanol–water partition coefficient (Wildman–Crippen LogP) is 2.05. The molecule has 104 valence electrons. The fourth-order valence-electron chi connectivity index (χ4n) is 2.25. The lowest BCUT2D eigenvalue weighted by molar-refractivity contribution is -0.116. The maximum atomic E-state index is 12.1. The Morgan fingerprint density at radius 1 is 1.37 bits per heavy atom. The Bertz CT molecular complexity index is 460. The molecule has 5 heteroatoms. The number of carbonyl (C=O) groups is 1. The molecule has 2 N–H and O–H groups in total. The highest BCUT2D eigenvalue weighted by Gasteiger charge is 2.24. The first-order valence-corrected chi connectivity index (χ1v) is 7.69. The first kappa shape index (κ1) is 14.2. The van der Waals surface area contributed by atoms with Crippen molar-refractivity contribution in [2.45, 2.75) is 18.7 Å². The van der Waals surface area contributed by atoms with Crippen LogP contribution in [0, 0.1) is 0 Å². The molecule has 0 radical (unpaired) electrons. The van der Waals surface area contributed by atoms with E-state index in [1.54, 1.807) is 11.8 Å². The second-order valence-electron chi connectivity index (χ2n) is 4.59. The lowest BCUT2D eigenvalue weighted by Gasteiger charge is -2.31. The van der Waals surface area contributed by atoms with Crippen LogP contribution in [0.4, 0.5) is 11.4 Å². The van der Waals surface area contributed by atoms with Crippen molar-refractivity contribution in [3.8, 4) is 0 Å². The summed E-state index contributed by atoms with van der Waals surface area (Å²) in [7, 11) is 0. The van der Waals surface area contributed by atoms with Crippen LogP contribution in [-0.4, -0.2) is 42.7 Å². The number of nitrogens with zero attached hydrogens (tertiary/aromatic N) is 2. The van der Waals surface area contributed by atoms with Crippen LogP contribution in [0.25, 0.3) is 0 Å². The monoisotopic (exact) mass is 279 g/mol. The van der Waals surface area contributed by atoms with Gasteiger partial charge in [-0.3, -0.25) is 4.79 Å². The maximum Gasteiger partial charge on any atom is 0.237 e. The van der Waals surface area contributed by atoms with E-state index in [1.165, 1.54) is 0 Å². The van der Waals surface area contributed by atoms with Gasteiger partial charge in [-0.2, -0.15) is 0 Å². The Hall–Kier alpha value is -1.20. The Kier molecular flexibility index (Phi) is 4.71. The molecular formula is C14H21N3OS. The van der Waals surface area contributed by atoms with Crippen molar-refractivity contribution < 1.29 is 4.79 Å². The molecule has 4 nitrogen and oxygen atoms in total. The van der Waals surface area contributed by atoms with E-state index in [9.17, 15) is 4.79 Å². The van der Waals surface area contributed by atoms with Gasteiger partial charge in [0.05, 0.1) is 11.4 Å². The van der Waals surface area contributed by atoms with E-state index in [-0.39, 0.29) is 5.91 Å². The zero-order valence-electron chi connectivity index (χ0n) is 11.6. The number of amides is 1. The number of nitrogen functional groups attached to an aromatic ring is 1. The van der Waals surface area contributed by atoms with Crippen molar-refractivity contribution in [1.29, 1.82) is 0 Å². The van der Waals surface area contributed by atoms with Gasteiger partial charge in [-0.05, 0) is 31.3 Å². The SMILES string of the molecule is CCN(CC)CCN1C(=O)CSc2cc(N)ccc21. The summed E-state index contributed by atoms with van der Waals surface area (Å²) in [5, 5.41) is 0. The molecule has 1 aliphatic heterocycles. The van der Waals surface area contributed by atoms with Crippen molar-refractivity contribution in [3.63, 3.8) is 0 Å². The van der Waals surface area contributed by atoms with Crippen LogP contribution in [0.2, 0.25) is 0 Å². The van der Waals surface area contributed by atoms with Crippen LogP contribution in [0.1, 0.15) is 13.8 Å². The number of carbonyl (C=O) groups excluding carboxylic acids is 1. The Balaban J connectivity index is 2.14. The highest BCUT2D eigenvalue weighted by atomic mass is 32.2. The summed E-state index contributed by atoms with van der Waals surface area (Å²) in [6.07, 6.45) is 0. The normalized spacial score (nSPS) is 14.9. The number of benzene rings is 1. The lowest BCUT2D eigenvalue weighted by atomic mass is 10.2. The van der Waals surface area contributed by atoms with Crippen molar-refractivity contribution >= 4 is 29.0 Å². The molecule has 2 rings (SSSR count). The summed E-state index contributed by atoms with van der Waals surface area (Å²) in [6, 6.07) is 5.77. The highest BCUT2D eigenvalue weighted by molar-refractivity contribution is 8.00. The summed E-state index contributed by atoms with van der Waals surface area (Å²) < 4.78 is 0. The predicted molar refractivity (Wildman–Crippen MR) is 81.7 cm³/mol. The van der Waals surface area contributed by atoms with Gasteiger partial charge in [-0.1, -0.05) is 13.8 Å². The highest BCUT2D eigenvalue weighted by Crippen LogP contribution is 2.36. The molecule has 1 aromatic carbocycles. The van der Waals surface area contributed by atoms with Crippen LogP contribution < -0.4 is 10.6 Å². The molecule has 0 unspecified atom stereocenters. The maximum absolute atomic E-state index is 12.1. The molecule has 0 atom stereocenters. The molecule has 0 aromatic heterocycles. The number of fused-ring (bicyclic) bond motifs is 1. The minimum atomic E-state index is 0.189. The molecule has 19 heavy (non-hydrogen) atoms. The van der Waals surface area contributed by atoms with Gasteiger partial charge in [-0.15, -0.1) is 11.8 Å². The Labute approximate surface area is 118 Å². The largest absolute Gasteiger partial charge is 0.399 e. The third-order valence-electron chi connectivity index (χ3n) is 3.46. The number of nitrogens with two attached hydrogens (primary N) is 1. The zero-order valence-corrected chi connectivity index (χ0v) is 12.4. The second-order valence-corrected chi connectivity index (χ2v) is 5.61. The Morgan fingerprint density at radius 2 is 2.11 bits per heavy atom. The molecule has 0 saturated carbocycles. The fraction of sp³-hybridized carbons (Fsp3) is 0.500. The first-order chi connectivity index (χ1) is 9.15. The van der Waals surface area contributed by atoms with Crippen LogP contribution in [0.3, 0.4) is 0 Å². The van der Waals surface area contributed by atoms with Crippen molar-refractivity contribution in [2.75, 3.05) is 42.6 Å². The topological polar surface area (TPSA) is 49.6 Å². The number of likely N-dealkylation sites (N-methyl/N-ethyl adjacent to an activating group) is 1. The Morgan fingerprint density at radius 3 is 2.79 bits per heavy atom. The molecule has 0 saturated heterocycles. The van der Waals surface area contributed by atoms with Crippen LogP contribution in [0.15, 0.2) is 23.1 Å². The molecule has 0 aliphatic carbocycles. The van der Waals surface area contributed by atoms with Gasteiger partial charge in [-0.25, -0.2) is 0 Å². The van der Waals surface area contributed by atoms with Crippen LogP contribution in [-0.2, 0) is 4.79 Å². The second kappa shape index (κ2) is 6.30. The molecule has 1 aliphatic rings. The molecule has 0 bridgehead atoms. The number of anilines is 2. The molecule has 1 amide bonds. The van der Waals surface area contributed by atoms with Gasteiger partial charge >= 0.3 is 0 Å². The zero-order chi connectivity index (χ0) is 13.8. The van der Waals surface area contributed by atoms with E-state index < -0.39 is 0 Å². The van der Waals surface area contributed by atoms with Crippen molar-refractivity contribution in [2.24, 2.45) is 0 Å². The fourth-order valence-corrected chi connectivity index (χ4v) is 3.23. The van der Waals surface area contributed by atoms with Gasteiger partial charge in [0.1, 0.15) is 0 Å². The number of rotatable bonds is 5. The van der Waals surface area contributed by atoms with E-state index in [4.69, 9.17) is 5.73 Å². The first-order valence-electron chi connectivity index (χ1n) is 6.70. The number of hydrogen-bond donors (Lipinski definition) is 1. The van der Waals surface area contributed by atoms with Crippen molar-refractivity contribution in [1.82, 2.24) is 4.90 Å². The van der Waals surface area contributed by atoms with Gasteiger partial charge in [0.15, 0.2) is 0 Å². The molecule has 0 spiro atoms. The minimum absolute atomic E-state index is 0.189. The summed E-state index contributed by atoms with van der Waals surface area (Å²) >= 11 is 1.58. The average molecular weight is 279 g/mol. The molecule has 1 aromatic rings. The van der Waals surface area contributed by atoms with E-state index in [0.717, 1.165) is 42.4 Å². The van der Waals surface area contributed by atoms with Crippen molar-refractivity contribution in [3.05, 3.63) is 18.2 Å². The quantitative estimate of drug-likeness (QED) is 0.838.